The maximum absolute atomic E-state index is 12.3. The average molecular weight is 367 g/mol. The molecule has 0 amide bonds. The Kier molecular flexibility index (Phi) is 6.53. The van der Waals surface area contributed by atoms with Crippen LogP contribution in [0.5, 0.6) is 5.75 Å². The number of sulfonamides is 1. The minimum Gasteiger partial charge on any atom is -0.494 e. The van der Waals surface area contributed by atoms with E-state index in [2.05, 4.69) is 4.72 Å². The largest absolute Gasteiger partial charge is 0.494 e. The molecule has 0 atom stereocenters. The Morgan fingerprint density at radius 2 is 1.88 bits per heavy atom. The monoisotopic (exact) mass is 367 g/mol. The normalized spacial score (nSPS) is 11.4. The number of nitrogens with one attached hydrogen (secondary N) is 1. The Hall–Kier alpha value is -1.70. The van der Waals surface area contributed by atoms with Gasteiger partial charge in [-0.15, -0.1) is 11.3 Å². The molecule has 0 fully saturated rings. The van der Waals surface area contributed by atoms with E-state index in [4.69, 9.17) is 4.74 Å². The van der Waals surface area contributed by atoms with E-state index in [0.29, 0.717) is 23.7 Å². The molecule has 0 radical (unpaired) electrons. The van der Waals surface area contributed by atoms with Crippen molar-refractivity contribution in [1.82, 2.24) is 4.72 Å². The fourth-order valence-corrected chi connectivity index (χ4v) is 3.96. The molecular weight excluding hydrogens is 346 g/mol. The summed E-state index contributed by atoms with van der Waals surface area (Å²) in [4.78, 5) is 13.1. The van der Waals surface area contributed by atoms with Crippen molar-refractivity contribution in [2.75, 3.05) is 13.2 Å². The average Bonchev–Trinajstić information content (AvgIpc) is 3.02. The van der Waals surface area contributed by atoms with Gasteiger partial charge in [0.05, 0.1) is 16.4 Å². The zero-order valence-corrected chi connectivity index (χ0v) is 15.4. The Bertz CT molecular complexity index is 779. The Morgan fingerprint density at radius 1 is 1.17 bits per heavy atom. The summed E-state index contributed by atoms with van der Waals surface area (Å²) in [5.41, 5.74) is 0. The fraction of sp³-hybridized carbons (Fsp3) is 0.353. The summed E-state index contributed by atoms with van der Waals surface area (Å²) in [5.74, 6) is 0.684. The highest BCUT2D eigenvalue weighted by molar-refractivity contribution is 7.89. The molecule has 7 heteroatoms. The van der Waals surface area contributed by atoms with Crippen molar-refractivity contribution in [3.05, 3.63) is 46.2 Å². The first-order valence-corrected chi connectivity index (χ1v) is 10.0. The van der Waals surface area contributed by atoms with Crippen molar-refractivity contribution < 1.29 is 17.9 Å². The molecular formula is C17H21NO4S2. The van der Waals surface area contributed by atoms with E-state index < -0.39 is 10.0 Å². The number of benzene rings is 1. The molecule has 1 N–H and O–H groups in total. The van der Waals surface area contributed by atoms with Crippen molar-refractivity contribution in [1.29, 1.82) is 0 Å². The van der Waals surface area contributed by atoms with Gasteiger partial charge in [-0.05, 0) is 56.2 Å². The number of hydrogen-bond donors (Lipinski definition) is 1. The van der Waals surface area contributed by atoms with Crippen LogP contribution in [0.2, 0.25) is 0 Å². The highest BCUT2D eigenvalue weighted by Crippen LogP contribution is 2.18. The maximum atomic E-state index is 12.3. The molecule has 1 aromatic carbocycles. The zero-order valence-electron chi connectivity index (χ0n) is 13.7. The van der Waals surface area contributed by atoms with Gasteiger partial charge in [-0.1, -0.05) is 6.92 Å². The molecule has 0 bridgehead atoms. The van der Waals surface area contributed by atoms with Gasteiger partial charge in [-0.2, -0.15) is 0 Å². The zero-order chi connectivity index (χ0) is 17.6. The smallest absolute Gasteiger partial charge is 0.240 e. The quantitative estimate of drug-likeness (QED) is 0.691. The van der Waals surface area contributed by atoms with Gasteiger partial charge in [0.25, 0.3) is 0 Å². The highest BCUT2D eigenvalue weighted by Gasteiger charge is 2.14. The maximum Gasteiger partial charge on any atom is 0.240 e. The van der Waals surface area contributed by atoms with E-state index in [1.807, 2.05) is 13.0 Å². The Morgan fingerprint density at radius 3 is 2.46 bits per heavy atom. The first kappa shape index (κ1) is 18.6. The third-order valence-electron chi connectivity index (χ3n) is 3.28. The van der Waals surface area contributed by atoms with E-state index >= 15 is 0 Å². The second-order valence-electron chi connectivity index (χ2n) is 5.29. The second kappa shape index (κ2) is 8.41. The van der Waals surface area contributed by atoms with Gasteiger partial charge in [-0.3, -0.25) is 4.79 Å². The molecule has 0 aliphatic rings. The van der Waals surface area contributed by atoms with Gasteiger partial charge in [0.2, 0.25) is 10.0 Å². The van der Waals surface area contributed by atoms with Crippen LogP contribution in [0.1, 0.15) is 34.8 Å². The number of rotatable bonds is 9. The molecule has 2 rings (SSSR count). The molecule has 2 aromatic rings. The fourth-order valence-electron chi connectivity index (χ4n) is 2.03. The molecule has 0 spiro atoms. The van der Waals surface area contributed by atoms with E-state index in [1.165, 1.54) is 30.4 Å². The first-order valence-electron chi connectivity index (χ1n) is 7.74. The van der Waals surface area contributed by atoms with Crippen molar-refractivity contribution in [2.45, 2.75) is 31.6 Å². The number of carbonyl (C=O) groups is 1. The van der Waals surface area contributed by atoms with Crippen LogP contribution in [-0.4, -0.2) is 27.4 Å². The van der Waals surface area contributed by atoms with E-state index in [9.17, 15) is 13.2 Å². The van der Waals surface area contributed by atoms with E-state index in [0.717, 1.165) is 11.3 Å². The molecule has 0 saturated carbocycles. The van der Waals surface area contributed by atoms with E-state index in [1.54, 1.807) is 18.2 Å². The van der Waals surface area contributed by atoms with Gasteiger partial charge < -0.3 is 4.74 Å². The standard InChI is InChI=1S/C17H21NO4S2/c1-3-12-22-14-4-7-16(8-5-14)24(20,21)18-11-10-15-6-9-17(23-15)13(2)19/h4-9,18H,3,10-12H2,1-2H3. The minimum atomic E-state index is -3.55. The number of carbonyl (C=O) groups excluding carboxylic acids is 1. The van der Waals surface area contributed by atoms with Crippen molar-refractivity contribution in [2.24, 2.45) is 0 Å². The molecule has 0 saturated heterocycles. The van der Waals surface area contributed by atoms with Gasteiger partial charge in [0.1, 0.15) is 5.75 Å². The lowest BCUT2D eigenvalue weighted by molar-refractivity contribution is 0.102. The third-order valence-corrected chi connectivity index (χ3v) is 6.00. The third kappa shape index (κ3) is 5.15. The van der Waals surface area contributed by atoms with Gasteiger partial charge in [0.15, 0.2) is 5.78 Å². The predicted molar refractivity (Wildman–Crippen MR) is 95.4 cm³/mol. The van der Waals surface area contributed by atoms with Gasteiger partial charge in [-0.25, -0.2) is 13.1 Å². The van der Waals surface area contributed by atoms with Crippen LogP contribution in [0.25, 0.3) is 0 Å². The molecule has 0 unspecified atom stereocenters. The lowest BCUT2D eigenvalue weighted by atomic mass is 10.3. The van der Waals surface area contributed by atoms with Crippen LogP contribution >= 0.6 is 11.3 Å². The number of thiophene rings is 1. The number of ketones is 1. The van der Waals surface area contributed by atoms with Crippen molar-refractivity contribution >= 4 is 27.1 Å². The molecule has 1 aromatic heterocycles. The molecule has 0 aliphatic carbocycles. The van der Waals surface area contributed by atoms with Crippen LogP contribution in [0.4, 0.5) is 0 Å². The first-order chi connectivity index (χ1) is 11.4. The van der Waals surface area contributed by atoms with Crippen LogP contribution in [0.3, 0.4) is 0 Å². The van der Waals surface area contributed by atoms with Crippen LogP contribution < -0.4 is 9.46 Å². The number of ether oxygens (including phenoxy) is 1. The second-order valence-corrected chi connectivity index (χ2v) is 8.23. The summed E-state index contributed by atoms with van der Waals surface area (Å²) in [6, 6.07) is 10.0. The predicted octanol–water partition coefficient (Wildman–Crippen LogP) is 3.26. The van der Waals surface area contributed by atoms with Crippen LogP contribution in [0.15, 0.2) is 41.3 Å². The summed E-state index contributed by atoms with van der Waals surface area (Å²) in [6.07, 6.45) is 1.45. The summed E-state index contributed by atoms with van der Waals surface area (Å²) < 4.78 is 32.5. The summed E-state index contributed by atoms with van der Waals surface area (Å²) in [6.45, 7) is 4.42. The summed E-state index contributed by atoms with van der Waals surface area (Å²) >= 11 is 1.40. The molecule has 24 heavy (non-hydrogen) atoms. The lowest BCUT2D eigenvalue weighted by Gasteiger charge is -2.08. The topological polar surface area (TPSA) is 72.5 Å². The summed E-state index contributed by atoms with van der Waals surface area (Å²) in [7, 11) is -3.55. The van der Waals surface area contributed by atoms with E-state index in [-0.39, 0.29) is 17.2 Å². The SMILES string of the molecule is CCCOc1ccc(S(=O)(=O)NCCc2ccc(C(C)=O)s2)cc1. The lowest BCUT2D eigenvalue weighted by Crippen LogP contribution is -2.25. The minimum absolute atomic E-state index is 0.0252. The molecule has 5 nitrogen and oxygen atoms in total. The highest BCUT2D eigenvalue weighted by atomic mass is 32.2. The van der Waals surface area contributed by atoms with Gasteiger partial charge >= 0.3 is 0 Å². The van der Waals surface area contributed by atoms with Crippen molar-refractivity contribution in [3.63, 3.8) is 0 Å². The molecule has 0 aliphatic heterocycles. The Labute approximate surface area is 146 Å². The van der Waals surface area contributed by atoms with Gasteiger partial charge in [0, 0.05) is 11.4 Å². The van der Waals surface area contributed by atoms with Crippen molar-refractivity contribution in [3.8, 4) is 5.75 Å². The number of hydrogen-bond acceptors (Lipinski definition) is 5. The Balaban J connectivity index is 1.91. The van der Waals surface area contributed by atoms with Crippen LogP contribution in [-0.2, 0) is 16.4 Å². The van der Waals surface area contributed by atoms with Crippen LogP contribution in [0, 0.1) is 0 Å². The summed E-state index contributed by atoms with van der Waals surface area (Å²) in [5, 5.41) is 0. The molecule has 130 valence electrons. The molecule has 1 heterocycles. The number of Topliss-reactive ketones (excluding diaryl/α,β-unsaturated/α-hetero) is 1.